The number of rotatable bonds is 7. The first-order valence-electron chi connectivity index (χ1n) is 5.21. The quantitative estimate of drug-likeness (QED) is 0.272. The molecule has 0 bridgehead atoms. The molecule has 0 aliphatic rings. The molecule has 3 heteroatoms. The highest BCUT2D eigenvalue weighted by atomic mass is 16.6. The zero-order valence-corrected chi connectivity index (χ0v) is 9.51. The summed E-state index contributed by atoms with van der Waals surface area (Å²) in [5.74, 6) is 0. The summed E-state index contributed by atoms with van der Waals surface area (Å²) in [6, 6.07) is 0. The van der Waals surface area contributed by atoms with Gasteiger partial charge in [-0.2, -0.15) is 0 Å². The van der Waals surface area contributed by atoms with E-state index in [0.29, 0.717) is 12.8 Å². The maximum absolute atomic E-state index is 10.9. The van der Waals surface area contributed by atoms with Gasteiger partial charge in [-0.3, -0.25) is 10.1 Å². The van der Waals surface area contributed by atoms with Crippen LogP contribution in [0.15, 0.2) is 12.2 Å². The summed E-state index contributed by atoms with van der Waals surface area (Å²) < 4.78 is 0. The van der Waals surface area contributed by atoms with Gasteiger partial charge in [-0.05, 0) is 13.3 Å². The molecule has 0 N–H and O–H groups in total. The van der Waals surface area contributed by atoms with Crippen LogP contribution in [-0.4, -0.2) is 10.5 Å². The van der Waals surface area contributed by atoms with Crippen LogP contribution < -0.4 is 0 Å². The molecular weight excluding hydrogens is 178 g/mol. The van der Waals surface area contributed by atoms with Gasteiger partial charge >= 0.3 is 0 Å². The van der Waals surface area contributed by atoms with Crippen LogP contribution in [-0.2, 0) is 0 Å². The third kappa shape index (κ3) is 4.40. The van der Waals surface area contributed by atoms with Gasteiger partial charge in [0.25, 0.3) is 0 Å². The molecular formula is C11H21NO2. The number of hydrogen-bond donors (Lipinski definition) is 0. The lowest BCUT2D eigenvalue weighted by Crippen LogP contribution is -2.34. The molecule has 0 aliphatic carbocycles. The Morgan fingerprint density at radius 1 is 1.50 bits per heavy atom. The zero-order valence-electron chi connectivity index (χ0n) is 9.51. The van der Waals surface area contributed by atoms with Crippen LogP contribution in [0.1, 0.15) is 52.9 Å². The van der Waals surface area contributed by atoms with Gasteiger partial charge in [-0.1, -0.05) is 31.9 Å². The second-order valence-electron chi connectivity index (χ2n) is 4.35. The Labute approximate surface area is 86.4 Å². The van der Waals surface area contributed by atoms with E-state index in [1.807, 2.05) is 6.92 Å². The van der Waals surface area contributed by atoms with Crippen molar-refractivity contribution in [3.8, 4) is 0 Å². The first kappa shape index (κ1) is 13.1. The highest BCUT2D eigenvalue weighted by Gasteiger charge is 2.35. The topological polar surface area (TPSA) is 43.1 Å². The summed E-state index contributed by atoms with van der Waals surface area (Å²) in [7, 11) is 0. The molecule has 0 aromatic heterocycles. The predicted octanol–water partition coefficient (Wildman–Crippen LogP) is 3.57. The Balaban J connectivity index is 4.24. The van der Waals surface area contributed by atoms with Crippen LogP contribution in [0, 0.1) is 10.1 Å². The minimum absolute atomic E-state index is 0.155. The van der Waals surface area contributed by atoms with Gasteiger partial charge < -0.3 is 0 Å². The monoisotopic (exact) mass is 199 g/mol. The number of nitro groups is 1. The van der Waals surface area contributed by atoms with E-state index in [1.54, 1.807) is 6.92 Å². The minimum Gasteiger partial charge on any atom is -0.264 e. The summed E-state index contributed by atoms with van der Waals surface area (Å²) in [4.78, 5) is 10.8. The summed E-state index contributed by atoms with van der Waals surface area (Å²) >= 11 is 0. The van der Waals surface area contributed by atoms with Crippen molar-refractivity contribution in [2.45, 2.75) is 58.4 Å². The van der Waals surface area contributed by atoms with Gasteiger partial charge in [0.05, 0.1) is 0 Å². The van der Waals surface area contributed by atoms with Crippen LogP contribution >= 0.6 is 0 Å². The average molecular weight is 199 g/mol. The molecule has 0 aromatic carbocycles. The smallest absolute Gasteiger partial charge is 0.223 e. The molecule has 0 rings (SSSR count). The van der Waals surface area contributed by atoms with Crippen molar-refractivity contribution < 1.29 is 4.92 Å². The van der Waals surface area contributed by atoms with E-state index >= 15 is 0 Å². The average Bonchev–Trinajstić information content (AvgIpc) is 2.03. The fourth-order valence-corrected chi connectivity index (χ4v) is 1.65. The van der Waals surface area contributed by atoms with Crippen LogP contribution in [0.25, 0.3) is 0 Å². The number of hydrogen-bond acceptors (Lipinski definition) is 2. The Hall–Kier alpha value is -0.860. The number of nitrogens with zero attached hydrogens (tertiary/aromatic N) is 1. The second-order valence-corrected chi connectivity index (χ2v) is 4.35. The Morgan fingerprint density at radius 2 is 2.07 bits per heavy atom. The van der Waals surface area contributed by atoms with Gasteiger partial charge in [0.2, 0.25) is 5.54 Å². The van der Waals surface area contributed by atoms with E-state index < -0.39 is 5.54 Å². The molecule has 0 radical (unpaired) electrons. The molecule has 14 heavy (non-hydrogen) atoms. The molecule has 0 aliphatic heterocycles. The van der Waals surface area contributed by atoms with Crippen molar-refractivity contribution in [3.05, 3.63) is 22.3 Å². The van der Waals surface area contributed by atoms with Crippen LogP contribution in [0.2, 0.25) is 0 Å². The van der Waals surface area contributed by atoms with Gasteiger partial charge in [0.15, 0.2) is 0 Å². The third-order valence-electron chi connectivity index (χ3n) is 2.44. The minimum atomic E-state index is -0.805. The molecule has 1 atom stereocenters. The van der Waals surface area contributed by atoms with Gasteiger partial charge in [-0.15, -0.1) is 0 Å². The molecule has 3 nitrogen and oxygen atoms in total. The van der Waals surface area contributed by atoms with Gasteiger partial charge in [-0.25, -0.2) is 0 Å². The summed E-state index contributed by atoms with van der Waals surface area (Å²) in [6.07, 6.45) is 4.24. The normalized spacial score (nSPS) is 14.8. The van der Waals surface area contributed by atoms with Crippen LogP contribution in [0.4, 0.5) is 0 Å². The number of unbranched alkanes of at least 4 members (excludes halogenated alkanes) is 2. The lowest BCUT2D eigenvalue weighted by atomic mass is 9.89. The molecule has 0 saturated carbocycles. The Bertz CT molecular complexity index is 213. The lowest BCUT2D eigenvalue weighted by molar-refractivity contribution is -0.566. The molecule has 82 valence electrons. The molecule has 0 spiro atoms. The lowest BCUT2D eigenvalue weighted by Gasteiger charge is -2.20. The fourth-order valence-electron chi connectivity index (χ4n) is 1.65. The third-order valence-corrected chi connectivity index (χ3v) is 2.44. The SMILES string of the molecule is C=C(C)CC(C)(CCCCC)[N+](=O)[O-]. The Morgan fingerprint density at radius 3 is 2.43 bits per heavy atom. The van der Waals surface area contributed by atoms with Gasteiger partial charge in [0.1, 0.15) is 0 Å². The Kier molecular flexibility index (Phi) is 5.43. The van der Waals surface area contributed by atoms with Crippen molar-refractivity contribution in [1.29, 1.82) is 0 Å². The highest BCUT2D eigenvalue weighted by molar-refractivity contribution is 4.95. The van der Waals surface area contributed by atoms with E-state index in [-0.39, 0.29) is 4.92 Å². The van der Waals surface area contributed by atoms with Gasteiger partial charge in [0, 0.05) is 24.7 Å². The first-order valence-corrected chi connectivity index (χ1v) is 5.21. The zero-order chi connectivity index (χ0) is 11.2. The molecule has 0 amide bonds. The van der Waals surface area contributed by atoms with E-state index in [4.69, 9.17) is 0 Å². The van der Waals surface area contributed by atoms with E-state index in [2.05, 4.69) is 13.5 Å². The molecule has 0 heterocycles. The van der Waals surface area contributed by atoms with Crippen molar-refractivity contribution in [2.24, 2.45) is 0 Å². The standard InChI is InChI=1S/C11H21NO2/c1-5-6-7-8-11(4,12(13)14)9-10(2)3/h2,5-9H2,1,3-4H3. The summed E-state index contributed by atoms with van der Waals surface area (Å²) in [5.41, 5.74) is 0.0850. The summed E-state index contributed by atoms with van der Waals surface area (Å²) in [6.45, 7) is 9.41. The van der Waals surface area contributed by atoms with E-state index in [9.17, 15) is 10.1 Å². The van der Waals surface area contributed by atoms with Crippen molar-refractivity contribution in [2.75, 3.05) is 0 Å². The van der Waals surface area contributed by atoms with E-state index in [1.165, 1.54) is 0 Å². The molecule has 0 fully saturated rings. The largest absolute Gasteiger partial charge is 0.264 e. The second kappa shape index (κ2) is 5.78. The first-order chi connectivity index (χ1) is 6.42. The van der Waals surface area contributed by atoms with Crippen LogP contribution in [0.5, 0.6) is 0 Å². The fraction of sp³-hybridized carbons (Fsp3) is 0.818. The molecule has 1 unspecified atom stereocenters. The maximum Gasteiger partial charge on any atom is 0.223 e. The predicted molar refractivity (Wildman–Crippen MR) is 59.0 cm³/mol. The molecule has 0 aromatic rings. The maximum atomic E-state index is 10.9. The molecule has 0 saturated heterocycles. The highest BCUT2D eigenvalue weighted by Crippen LogP contribution is 2.25. The van der Waals surface area contributed by atoms with Crippen molar-refractivity contribution in [1.82, 2.24) is 0 Å². The van der Waals surface area contributed by atoms with Crippen molar-refractivity contribution in [3.63, 3.8) is 0 Å². The van der Waals surface area contributed by atoms with Crippen LogP contribution in [0.3, 0.4) is 0 Å². The summed E-state index contributed by atoms with van der Waals surface area (Å²) in [5, 5.41) is 10.9. The van der Waals surface area contributed by atoms with E-state index in [0.717, 1.165) is 24.8 Å². The van der Waals surface area contributed by atoms with Crippen molar-refractivity contribution >= 4 is 0 Å².